The number of rotatable bonds is 3. The number of para-hydroxylation sites is 1. The Morgan fingerprint density at radius 3 is 2.50 bits per heavy atom. The van der Waals surface area contributed by atoms with Crippen molar-refractivity contribution in [3.63, 3.8) is 0 Å². The average Bonchev–Trinajstić information content (AvgIpc) is 2.38. The van der Waals surface area contributed by atoms with Crippen molar-refractivity contribution < 1.29 is 9.59 Å². The van der Waals surface area contributed by atoms with Crippen molar-refractivity contribution in [3.8, 4) is 0 Å². The van der Waals surface area contributed by atoms with Gasteiger partial charge in [0, 0.05) is 5.69 Å². The van der Waals surface area contributed by atoms with Gasteiger partial charge < -0.3 is 5.32 Å². The van der Waals surface area contributed by atoms with Gasteiger partial charge in [-0.3, -0.25) is 14.5 Å². The van der Waals surface area contributed by atoms with Crippen LogP contribution in [-0.4, -0.2) is 23.9 Å². The number of hydrogen-bond donors (Lipinski definition) is 1. The second kappa shape index (κ2) is 5.65. The standard InChI is InChI=1S/C16H22N2O2/c1-10(2)9-13-16(20)18(12(4)15(19)17-13)14-8-6-5-7-11(14)3/h5-8,10,12-13H,9H2,1-4H3,(H,17,19). The van der Waals surface area contributed by atoms with Crippen molar-refractivity contribution in [3.05, 3.63) is 29.8 Å². The molecular formula is C16H22N2O2. The molecule has 1 fully saturated rings. The van der Waals surface area contributed by atoms with E-state index < -0.39 is 12.1 Å². The third-order valence-electron chi connectivity index (χ3n) is 3.70. The Kier molecular flexibility index (Phi) is 4.12. The summed E-state index contributed by atoms with van der Waals surface area (Å²) in [7, 11) is 0. The minimum atomic E-state index is -0.466. The van der Waals surface area contributed by atoms with Crippen molar-refractivity contribution in [2.45, 2.75) is 46.2 Å². The molecule has 4 nitrogen and oxygen atoms in total. The van der Waals surface area contributed by atoms with E-state index >= 15 is 0 Å². The SMILES string of the molecule is Cc1ccccc1N1C(=O)C(CC(C)C)NC(=O)C1C. The fourth-order valence-electron chi connectivity index (χ4n) is 2.62. The fraction of sp³-hybridized carbons (Fsp3) is 0.500. The first-order chi connectivity index (χ1) is 9.41. The lowest BCUT2D eigenvalue weighted by Crippen LogP contribution is -2.63. The lowest BCUT2D eigenvalue weighted by molar-refractivity contribution is -0.133. The number of amides is 2. The molecule has 0 aromatic heterocycles. The van der Waals surface area contributed by atoms with E-state index in [0.717, 1.165) is 11.3 Å². The molecule has 1 heterocycles. The largest absolute Gasteiger partial charge is 0.342 e. The number of nitrogens with one attached hydrogen (secondary N) is 1. The van der Waals surface area contributed by atoms with E-state index in [4.69, 9.17) is 0 Å². The van der Waals surface area contributed by atoms with Crippen LogP contribution >= 0.6 is 0 Å². The number of benzene rings is 1. The van der Waals surface area contributed by atoms with Crippen LogP contribution in [0.15, 0.2) is 24.3 Å². The van der Waals surface area contributed by atoms with Crippen molar-refractivity contribution in [1.29, 1.82) is 0 Å². The molecule has 1 aliphatic heterocycles. The van der Waals surface area contributed by atoms with Crippen LogP contribution in [0.3, 0.4) is 0 Å². The molecular weight excluding hydrogens is 252 g/mol. The summed E-state index contributed by atoms with van der Waals surface area (Å²) in [5, 5.41) is 2.84. The molecule has 1 saturated heterocycles. The van der Waals surface area contributed by atoms with Gasteiger partial charge in [-0.25, -0.2) is 0 Å². The zero-order chi connectivity index (χ0) is 14.9. The summed E-state index contributed by atoms with van der Waals surface area (Å²) in [6, 6.07) is 6.80. The average molecular weight is 274 g/mol. The highest BCUT2D eigenvalue weighted by atomic mass is 16.2. The van der Waals surface area contributed by atoms with Gasteiger partial charge in [0.05, 0.1) is 0 Å². The van der Waals surface area contributed by atoms with Gasteiger partial charge in [0.1, 0.15) is 12.1 Å². The van der Waals surface area contributed by atoms with Crippen LogP contribution in [0.5, 0.6) is 0 Å². The Morgan fingerprint density at radius 1 is 1.25 bits per heavy atom. The summed E-state index contributed by atoms with van der Waals surface area (Å²) in [6.45, 7) is 7.83. The van der Waals surface area contributed by atoms with Gasteiger partial charge in [-0.05, 0) is 37.8 Å². The summed E-state index contributed by atoms with van der Waals surface area (Å²) in [4.78, 5) is 26.4. The Bertz CT molecular complexity index is 525. The van der Waals surface area contributed by atoms with Crippen molar-refractivity contribution >= 4 is 17.5 Å². The summed E-state index contributed by atoms with van der Waals surface area (Å²) >= 11 is 0. The second-order valence-corrected chi connectivity index (χ2v) is 5.86. The lowest BCUT2D eigenvalue weighted by atomic mass is 9.98. The van der Waals surface area contributed by atoms with Gasteiger partial charge in [0.15, 0.2) is 0 Å². The topological polar surface area (TPSA) is 49.4 Å². The van der Waals surface area contributed by atoms with Gasteiger partial charge in [-0.1, -0.05) is 32.0 Å². The summed E-state index contributed by atoms with van der Waals surface area (Å²) < 4.78 is 0. The van der Waals surface area contributed by atoms with Crippen LogP contribution in [0.25, 0.3) is 0 Å². The quantitative estimate of drug-likeness (QED) is 0.919. The predicted octanol–water partition coefficient (Wildman–Crippen LogP) is 2.26. The van der Waals surface area contributed by atoms with Crippen LogP contribution in [0, 0.1) is 12.8 Å². The van der Waals surface area contributed by atoms with Gasteiger partial charge in [0.2, 0.25) is 11.8 Å². The van der Waals surface area contributed by atoms with Gasteiger partial charge in [-0.15, -0.1) is 0 Å². The Morgan fingerprint density at radius 2 is 1.90 bits per heavy atom. The molecule has 1 aromatic rings. The number of carbonyl (C=O) groups excluding carboxylic acids is 2. The number of hydrogen-bond acceptors (Lipinski definition) is 2. The lowest BCUT2D eigenvalue weighted by Gasteiger charge is -2.38. The molecule has 1 N–H and O–H groups in total. The fourth-order valence-corrected chi connectivity index (χ4v) is 2.62. The molecule has 2 unspecified atom stereocenters. The Balaban J connectivity index is 2.36. The molecule has 0 aliphatic carbocycles. The number of aryl methyl sites for hydroxylation is 1. The van der Waals surface area contributed by atoms with Crippen LogP contribution in [-0.2, 0) is 9.59 Å². The molecule has 108 valence electrons. The molecule has 0 radical (unpaired) electrons. The molecule has 1 aromatic carbocycles. The molecule has 0 spiro atoms. The first kappa shape index (κ1) is 14.6. The number of anilines is 1. The predicted molar refractivity (Wildman–Crippen MR) is 79.5 cm³/mol. The normalized spacial score (nSPS) is 23.1. The summed E-state index contributed by atoms with van der Waals surface area (Å²) in [5.41, 5.74) is 1.83. The Hall–Kier alpha value is -1.84. The first-order valence-electron chi connectivity index (χ1n) is 7.11. The monoisotopic (exact) mass is 274 g/mol. The molecule has 1 aliphatic rings. The van der Waals surface area contributed by atoms with Crippen LogP contribution in [0.4, 0.5) is 5.69 Å². The van der Waals surface area contributed by atoms with Gasteiger partial charge >= 0.3 is 0 Å². The second-order valence-electron chi connectivity index (χ2n) is 5.86. The maximum atomic E-state index is 12.7. The maximum Gasteiger partial charge on any atom is 0.250 e. The highest BCUT2D eigenvalue weighted by Gasteiger charge is 2.39. The van der Waals surface area contributed by atoms with E-state index in [1.54, 1.807) is 11.8 Å². The molecule has 0 saturated carbocycles. The number of nitrogens with zero attached hydrogens (tertiary/aromatic N) is 1. The minimum absolute atomic E-state index is 0.0138. The summed E-state index contributed by atoms with van der Waals surface area (Å²) in [5.74, 6) is 0.259. The molecule has 2 amide bonds. The van der Waals surface area contributed by atoms with E-state index in [9.17, 15) is 9.59 Å². The van der Waals surface area contributed by atoms with Crippen LogP contribution < -0.4 is 10.2 Å². The van der Waals surface area contributed by atoms with Crippen LogP contribution in [0.1, 0.15) is 32.8 Å². The molecule has 20 heavy (non-hydrogen) atoms. The van der Waals surface area contributed by atoms with Crippen molar-refractivity contribution in [2.75, 3.05) is 4.90 Å². The maximum absolute atomic E-state index is 12.7. The minimum Gasteiger partial charge on any atom is -0.342 e. The molecule has 2 atom stereocenters. The van der Waals surface area contributed by atoms with E-state index in [1.165, 1.54) is 0 Å². The first-order valence-corrected chi connectivity index (χ1v) is 7.11. The molecule has 0 bridgehead atoms. The number of carbonyl (C=O) groups is 2. The van der Waals surface area contributed by atoms with Crippen molar-refractivity contribution in [2.24, 2.45) is 5.92 Å². The zero-order valence-corrected chi connectivity index (χ0v) is 12.5. The zero-order valence-electron chi connectivity index (χ0n) is 12.5. The smallest absolute Gasteiger partial charge is 0.250 e. The summed E-state index contributed by atoms with van der Waals surface area (Å²) in [6.07, 6.45) is 0.666. The number of piperazine rings is 1. The van der Waals surface area contributed by atoms with Crippen molar-refractivity contribution in [1.82, 2.24) is 5.32 Å². The van der Waals surface area contributed by atoms with Crippen LogP contribution in [0.2, 0.25) is 0 Å². The Labute approximate surface area is 120 Å². The third kappa shape index (κ3) is 2.69. The van der Waals surface area contributed by atoms with E-state index in [2.05, 4.69) is 19.2 Å². The third-order valence-corrected chi connectivity index (χ3v) is 3.70. The highest BCUT2D eigenvalue weighted by Crippen LogP contribution is 2.26. The molecule has 2 rings (SSSR count). The van der Waals surface area contributed by atoms with Gasteiger partial charge in [0.25, 0.3) is 0 Å². The van der Waals surface area contributed by atoms with E-state index in [0.29, 0.717) is 12.3 Å². The molecule has 4 heteroatoms. The van der Waals surface area contributed by atoms with E-state index in [-0.39, 0.29) is 11.8 Å². The highest BCUT2D eigenvalue weighted by molar-refractivity contribution is 6.08. The van der Waals surface area contributed by atoms with E-state index in [1.807, 2.05) is 31.2 Å². The van der Waals surface area contributed by atoms with Gasteiger partial charge in [-0.2, -0.15) is 0 Å².